The Bertz CT molecular complexity index is 161. The summed E-state index contributed by atoms with van der Waals surface area (Å²) in [4.78, 5) is 12.7. The van der Waals surface area contributed by atoms with Crippen LogP contribution in [0.1, 0.15) is 34.6 Å². The Morgan fingerprint density at radius 1 is 1.42 bits per heavy atom. The fourth-order valence-electron chi connectivity index (χ4n) is 0.905. The summed E-state index contributed by atoms with van der Waals surface area (Å²) < 4.78 is 0. The van der Waals surface area contributed by atoms with Gasteiger partial charge < -0.3 is 4.90 Å². The van der Waals surface area contributed by atoms with Crippen LogP contribution in [-0.2, 0) is 4.79 Å². The summed E-state index contributed by atoms with van der Waals surface area (Å²) in [6.07, 6.45) is 0. The molecule has 0 N–H and O–H groups in total. The zero-order valence-corrected chi connectivity index (χ0v) is 9.14. The largest absolute Gasteiger partial charge is 0.345 e. The Labute approximate surface area is 75.9 Å². The summed E-state index contributed by atoms with van der Waals surface area (Å²) in [5.74, 6) is 0.739. The summed E-state index contributed by atoms with van der Waals surface area (Å²) in [5, 5.41) is 0. The molecule has 0 aliphatic rings. The zero-order chi connectivity index (χ0) is 9.94. The van der Waals surface area contributed by atoms with Crippen molar-refractivity contribution in [2.24, 2.45) is 11.3 Å². The highest BCUT2D eigenvalue weighted by Gasteiger charge is 2.24. The maximum absolute atomic E-state index is 11.0. The molecular weight excluding hydrogens is 150 g/mol. The number of nitrogens with zero attached hydrogens (tertiary/aromatic N) is 1. The molecule has 0 aromatic heterocycles. The Morgan fingerprint density at radius 3 is 2.08 bits per heavy atom. The van der Waals surface area contributed by atoms with Crippen LogP contribution in [0.2, 0.25) is 0 Å². The van der Waals surface area contributed by atoms with Gasteiger partial charge in [-0.15, -0.1) is 0 Å². The van der Waals surface area contributed by atoms with Crippen LogP contribution >= 0.6 is 0 Å². The van der Waals surface area contributed by atoms with Crippen LogP contribution in [-0.4, -0.2) is 24.4 Å². The smallest absolute Gasteiger partial charge is 0.219 e. The number of carbonyl (C=O) groups excluding carboxylic acids is 1. The van der Waals surface area contributed by atoms with Gasteiger partial charge in [-0.3, -0.25) is 4.79 Å². The van der Waals surface area contributed by atoms with Gasteiger partial charge in [-0.05, 0) is 11.3 Å². The lowest BCUT2D eigenvalue weighted by Crippen LogP contribution is -2.37. The van der Waals surface area contributed by atoms with Crippen molar-refractivity contribution in [3.8, 4) is 0 Å². The first kappa shape index (κ1) is 11.5. The van der Waals surface area contributed by atoms with E-state index in [0.717, 1.165) is 6.54 Å². The lowest BCUT2D eigenvalue weighted by molar-refractivity contribution is -0.129. The average Bonchev–Trinajstić information content (AvgIpc) is 1.85. The fourth-order valence-corrected chi connectivity index (χ4v) is 0.905. The van der Waals surface area contributed by atoms with Crippen molar-refractivity contribution in [2.75, 3.05) is 13.6 Å². The van der Waals surface area contributed by atoms with Gasteiger partial charge in [0.1, 0.15) is 0 Å². The number of rotatable bonds is 3. The van der Waals surface area contributed by atoms with Crippen molar-refractivity contribution in [1.29, 1.82) is 0 Å². The predicted molar refractivity (Wildman–Crippen MR) is 51.9 cm³/mol. The van der Waals surface area contributed by atoms with Crippen LogP contribution in [0, 0.1) is 11.3 Å². The van der Waals surface area contributed by atoms with Gasteiger partial charge in [0, 0.05) is 20.5 Å². The van der Waals surface area contributed by atoms with Gasteiger partial charge in [-0.2, -0.15) is 0 Å². The minimum Gasteiger partial charge on any atom is -0.345 e. The number of hydrogen-bond acceptors (Lipinski definition) is 1. The molecule has 0 bridgehead atoms. The van der Waals surface area contributed by atoms with Crippen molar-refractivity contribution in [1.82, 2.24) is 4.90 Å². The Hall–Kier alpha value is -0.530. The van der Waals surface area contributed by atoms with Gasteiger partial charge in [0.25, 0.3) is 0 Å². The molecule has 0 radical (unpaired) electrons. The molecule has 0 aliphatic carbocycles. The lowest BCUT2D eigenvalue weighted by Gasteiger charge is -2.33. The third kappa shape index (κ3) is 3.24. The van der Waals surface area contributed by atoms with E-state index >= 15 is 0 Å². The minimum absolute atomic E-state index is 0.142. The van der Waals surface area contributed by atoms with Crippen LogP contribution in [0.3, 0.4) is 0 Å². The Morgan fingerprint density at radius 2 is 1.83 bits per heavy atom. The van der Waals surface area contributed by atoms with Crippen molar-refractivity contribution in [3.63, 3.8) is 0 Å². The summed E-state index contributed by atoms with van der Waals surface area (Å²) in [5.41, 5.74) is 0.209. The summed E-state index contributed by atoms with van der Waals surface area (Å²) in [6.45, 7) is 11.2. The van der Waals surface area contributed by atoms with E-state index in [1.54, 1.807) is 11.8 Å². The van der Waals surface area contributed by atoms with Gasteiger partial charge in [-0.1, -0.05) is 27.7 Å². The average molecular weight is 171 g/mol. The summed E-state index contributed by atoms with van der Waals surface area (Å²) >= 11 is 0. The molecule has 0 unspecified atom stereocenters. The lowest BCUT2D eigenvalue weighted by atomic mass is 9.81. The number of hydrogen-bond donors (Lipinski definition) is 0. The van der Waals surface area contributed by atoms with Gasteiger partial charge in [0.15, 0.2) is 0 Å². The van der Waals surface area contributed by atoms with E-state index in [4.69, 9.17) is 0 Å². The normalized spacial score (nSPS) is 11.9. The topological polar surface area (TPSA) is 20.3 Å². The Balaban J connectivity index is 4.15. The van der Waals surface area contributed by atoms with Gasteiger partial charge in [-0.25, -0.2) is 0 Å². The summed E-state index contributed by atoms with van der Waals surface area (Å²) in [7, 11) is 1.85. The van der Waals surface area contributed by atoms with Crippen molar-refractivity contribution in [3.05, 3.63) is 0 Å². The minimum atomic E-state index is 0.142. The van der Waals surface area contributed by atoms with E-state index in [2.05, 4.69) is 27.7 Å². The molecule has 2 nitrogen and oxygen atoms in total. The quantitative estimate of drug-likeness (QED) is 0.637. The second-order valence-corrected chi connectivity index (χ2v) is 4.52. The first-order valence-electron chi connectivity index (χ1n) is 4.49. The highest BCUT2D eigenvalue weighted by Crippen LogP contribution is 2.26. The molecule has 0 aliphatic heterocycles. The van der Waals surface area contributed by atoms with E-state index in [-0.39, 0.29) is 11.3 Å². The highest BCUT2D eigenvalue weighted by molar-refractivity contribution is 5.72. The first-order valence-corrected chi connectivity index (χ1v) is 4.49. The van der Waals surface area contributed by atoms with Gasteiger partial charge >= 0.3 is 0 Å². The Kier molecular flexibility index (Phi) is 3.75. The molecule has 0 saturated carbocycles. The van der Waals surface area contributed by atoms with Crippen LogP contribution in [0.15, 0.2) is 0 Å². The molecule has 0 fully saturated rings. The van der Waals surface area contributed by atoms with Crippen LogP contribution in [0.25, 0.3) is 0 Å². The number of amides is 1. The van der Waals surface area contributed by atoms with Crippen LogP contribution in [0.4, 0.5) is 0 Å². The van der Waals surface area contributed by atoms with Crippen molar-refractivity contribution >= 4 is 5.91 Å². The fraction of sp³-hybridized carbons (Fsp3) is 0.900. The molecule has 0 spiro atoms. The van der Waals surface area contributed by atoms with Crippen LogP contribution < -0.4 is 0 Å². The van der Waals surface area contributed by atoms with E-state index in [1.165, 1.54) is 0 Å². The second kappa shape index (κ2) is 3.92. The third-order valence-corrected chi connectivity index (χ3v) is 2.75. The monoisotopic (exact) mass is 171 g/mol. The van der Waals surface area contributed by atoms with E-state index < -0.39 is 0 Å². The molecule has 0 saturated heterocycles. The van der Waals surface area contributed by atoms with E-state index in [0.29, 0.717) is 5.92 Å². The maximum Gasteiger partial charge on any atom is 0.219 e. The molecule has 0 rings (SSSR count). The second-order valence-electron chi connectivity index (χ2n) is 4.52. The molecule has 2 heteroatoms. The first-order chi connectivity index (χ1) is 5.27. The molecule has 1 amide bonds. The van der Waals surface area contributed by atoms with E-state index in [1.807, 2.05) is 7.05 Å². The standard InChI is InChI=1S/C10H21NO/c1-8(2)10(4,5)7-11(6)9(3)12/h8H,7H2,1-6H3. The molecule has 0 aromatic carbocycles. The van der Waals surface area contributed by atoms with Crippen molar-refractivity contribution in [2.45, 2.75) is 34.6 Å². The molecule has 0 atom stereocenters. The molecule has 0 aromatic rings. The molecular formula is C10H21NO. The van der Waals surface area contributed by atoms with Crippen molar-refractivity contribution < 1.29 is 4.79 Å². The number of carbonyl (C=O) groups is 1. The molecule has 72 valence electrons. The summed E-state index contributed by atoms with van der Waals surface area (Å²) in [6, 6.07) is 0. The van der Waals surface area contributed by atoms with Gasteiger partial charge in [0.05, 0.1) is 0 Å². The predicted octanol–water partition coefficient (Wildman–Crippen LogP) is 2.15. The third-order valence-electron chi connectivity index (χ3n) is 2.75. The molecule has 12 heavy (non-hydrogen) atoms. The maximum atomic E-state index is 11.0. The van der Waals surface area contributed by atoms with Crippen LogP contribution in [0.5, 0.6) is 0 Å². The highest BCUT2D eigenvalue weighted by atomic mass is 16.2. The zero-order valence-electron chi connectivity index (χ0n) is 9.14. The molecule has 0 heterocycles. The van der Waals surface area contributed by atoms with Gasteiger partial charge in [0.2, 0.25) is 5.91 Å². The SMILES string of the molecule is CC(=O)N(C)CC(C)(C)C(C)C. The van der Waals surface area contributed by atoms with E-state index in [9.17, 15) is 4.79 Å².